The lowest BCUT2D eigenvalue weighted by Crippen LogP contribution is -2.03. The van der Waals surface area contributed by atoms with Gasteiger partial charge in [-0.25, -0.2) is 9.67 Å². The Morgan fingerprint density at radius 2 is 1.82 bits per heavy atom. The van der Waals surface area contributed by atoms with Crippen LogP contribution in [0.2, 0.25) is 10.0 Å². The summed E-state index contributed by atoms with van der Waals surface area (Å²) < 4.78 is 3.97. The molecule has 0 saturated carbocycles. The van der Waals surface area contributed by atoms with Crippen LogP contribution in [0.3, 0.4) is 0 Å². The molecule has 0 radical (unpaired) electrons. The van der Waals surface area contributed by atoms with Gasteiger partial charge in [-0.1, -0.05) is 41.4 Å². The van der Waals surface area contributed by atoms with Crippen LogP contribution < -0.4 is 0 Å². The molecule has 0 unspecified atom stereocenters. The van der Waals surface area contributed by atoms with Gasteiger partial charge >= 0.3 is 0 Å². The highest BCUT2D eigenvalue weighted by molar-refractivity contribution is 7.98. The van der Waals surface area contributed by atoms with Gasteiger partial charge in [0.2, 0.25) is 0 Å². The second kappa shape index (κ2) is 7.66. The van der Waals surface area contributed by atoms with Crippen molar-refractivity contribution >= 4 is 35.0 Å². The van der Waals surface area contributed by atoms with Gasteiger partial charge in [0.05, 0.1) is 27.8 Å². The number of halogens is 2. The number of hydrogen-bond acceptors (Lipinski definition) is 3. The molecule has 0 N–H and O–H groups in total. The van der Waals surface area contributed by atoms with Crippen LogP contribution in [0.4, 0.5) is 0 Å². The van der Waals surface area contributed by atoms with Gasteiger partial charge in [-0.3, -0.25) is 0 Å². The summed E-state index contributed by atoms with van der Waals surface area (Å²) in [7, 11) is 0. The summed E-state index contributed by atoms with van der Waals surface area (Å²) in [6, 6.07) is 12.0. The first kappa shape index (κ1) is 19.1. The fourth-order valence-electron chi connectivity index (χ4n) is 3.18. The monoisotopic (exact) mass is 428 g/mol. The molecule has 0 amide bonds. The highest BCUT2D eigenvalue weighted by Gasteiger charge is 2.23. The zero-order valence-corrected chi connectivity index (χ0v) is 18.0. The van der Waals surface area contributed by atoms with Gasteiger partial charge in [0.1, 0.15) is 10.7 Å². The van der Waals surface area contributed by atoms with E-state index in [1.807, 2.05) is 39.9 Å². The maximum atomic E-state index is 6.35. The minimum atomic E-state index is 0.509. The van der Waals surface area contributed by atoms with Gasteiger partial charge in [0, 0.05) is 18.0 Å². The van der Waals surface area contributed by atoms with Crippen LogP contribution in [0.25, 0.3) is 22.6 Å². The maximum absolute atomic E-state index is 6.35. The molecule has 0 spiro atoms. The van der Waals surface area contributed by atoms with Gasteiger partial charge in [-0.2, -0.15) is 5.10 Å². The van der Waals surface area contributed by atoms with E-state index in [2.05, 4.69) is 37.0 Å². The lowest BCUT2D eigenvalue weighted by atomic mass is 10.1. The van der Waals surface area contributed by atoms with E-state index in [4.69, 9.17) is 28.3 Å². The average molecular weight is 429 g/mol. The Labute approximate surface area is 178 Å². The van der Waals surface area contributed by atoms with E-state index in [0.29, 0.717) is 10.0 Å². The summed E-state index contributed by atoms with van der Waals surface area (Å²) in [5.74, 6) is 0. The molecule has 0 atom stereocenters. The fraction of sp³-hybridized carbons (Fsp3) is 0.143. The highest BCUT2D eigenvalue weighted by atomic mass is 35.5. The van der Waals surface area contributed by atoms with E-state index >= 15 is 0 Å². The van der Waals surface area contributed by atoms with E-state index in [1.165, 1.54) is 5.56 Å². The molecule has 142 valence electrons. The van der Waals surface area contributed by atoms with Gasteiger partial charge in [-0.05, 0) is 49.4 Å². The van der Waals surface area contributed by atoms with Gasteiger partial charge in [0.15, 0.2) is 0 Å². The van der Waals surface area contributed by atoms with Crippen LogP contribution in [-0.4, -0.2) is 25.6 Å². The lowest BCUT2D eigenvalue weighted by Gasteiger charge is -2.14. The number of nitrogens with zero attached hydrogens (tertiary/aromatic N) is 4. The molecule has 0 aliphatic heterocycles. The Morgan fingerprint density at radius 3 is 2.50 bits per heavy atom. The Hall–Kier alpha value is -2.21. The van der Waals surface area contributed by atoms with E-state index in [-0.39, 0.29) is 0 Å². The molecule has 2 aromatic heterocycles. The molecule has 0 aliphatic carbocycles. The molecule has 4 rings (SSSR count). The Balaban J connectivity index is 2.09. The van der Waals surface area contributed by atoms with E-state index < -0.39 is 0 Å². The van der Waals surface area contributed by atoms with Crippen molar-refractivity contribution in [3.63, 3.8) is 0 Å². The second-order valence-corrected chi connectivity index (χ2v) is 8.12. The number of thioether (sulfide) groups is 1. The summed E-state index contributed by atoms with van der Waals surface area (Å²) >= 11 is 14.1. The fourth-order valence-corrected chi connectivity index (χ4v) is 4.03. The predicted octanol–water partition coefficient (Wildman–Crippen LogP) is 6.37. The summed E-state index contributed by atoms with van der Waals surface area (Å²) in [6.07, 6.45) is 7.49. The molecule has 2 heterocycles. The quantitative estimate of drug-likeness (QED) is 0.354. The van der Waals surface area contributed by atoms with Crippen LogP contribution in [0.15, 0.2) is 60.1 Å². The first-order valence-corrected chi connectivity index (χ1v) is 10.7. The highest BCUT2D eigenvalue weighted by Crippen LogP contribution is 2.38. The largest absolute Gasteiger partial charge is 0.302 e. The molecule has 0 bridgehead atoms. The summed E-state index contributed by atoms with van der Waals surface area (Å²) in [6.45, 7) is 4.17. The zero-order valence-electron chi connectivity index (χ0n) is 15.6. The molecule has 4 nitrogen and oxygen atoms in total. The van der Waals surface area contributed by atoms with Crippen LogP contribution in [0.1, 0.15) is 11.1 Å². The summed E-state index contributed by atoms with van der Waals surface area (Å²) in [5.41, 5.74) is 6.18. The van der Waals surface area contributed by atoms with Gasteiger partial charge < -0.3 is 4.57 Å². The van der Waals surface area contributed by atoms with E-state index in [9.17, 15) is 0 Å². The molecule has 2 aromatic carbocycles. The zero-order chi connectivity index (χ0) is 19.8. The second-order valence-electron chi connectivity index (χ2n) is 6.51. The average Bonchev–Trinajstić information content (AvgIpc) is 3.33. The standard InChI is InChI=1S/C21H18Cl2N4S/c1-13-4-5-14(2)18(10-13)27-19(15-6-7-16(22)17(23)11-15)20(21(25-27)28-3)26-9-8-24-12-26/h4-12H,1-3H3. The SMILES string of the molecule is CSc1nn(-c2cc(C)ccc2C)c(-c2ccc(Cl)c(Cl)c2)c1-n1ccnc1. The lowest BCUT2D eigenvalue weighted by molar-refractivity contribution is 0.835. The molecular formula is C21H18Cl2N4S. The predicted molar refractivity (Wildman–Crippen MR) is 117 cm³/mol. The number of hydrogen-bond donors (Lipinski definition) is 0. The molecule has 0 fully saturated rings. The Morgan fingerprint density at radius 1 is 1.00 bits per heavy atom. The van der Waals surface area contributed by atoms with Gasteiger partial charge in [0.25, 0.3) is 0 Å². The molecule has 0 aliphatic rings. The van der Waals surface area contributed by atoms with Crippen molar-refractivity contribution < 1.29 is 0 Å². The third-order valence-electron chi connectivity index (χ3n) is 4.57. The first-order valence-electron chi connectivity index (χ1n) is 8.68. The van der Waals surface area contributed by atoms with E-state index in [0.717, 1.165) is 33.2 Å². The van der Waals surface area contributed by atoms with Crippen LogP contribution in [0, 0.1) is 13.8 Å². The maximum Gasteiger partial charge on any atom is 0.143 e. The third-order valence-corrected chi connectivity index (χ3v) is 5.97. The Bertz CT molecular complexity index is 1150. The topological polar surface area (TPSA) is 35.6 Å². The number of aromatic nitrogens is 4. The smallest absolute Gasteiger partial charge is 0.143 e. The van der Waals surface area contributed by atoms with Crippen molar-refractivity contribution in [1.29, 1.82) is 0 Å². The number of benzene rings is 2. The summed E-state index contributed by atoms with van der Waals surface area (Å²) in [5, 5.41) is 6.88. The van der Waals surface area contributed by atoms with Crippen molar-refractivity contribution in [3.05, 3.63) is 76.3 Å². The summed E-state index contributed by atoms with van der Waals surface area (Å²) in [4.78, 5) is 4.22. The molecule has 28 heavy (non-hydrogen) atoms. The molecule has 7 heteroatoms. The van der Waals surface area contributed by atoms with Crippen molar-refractivity contribution in [1.82, 2.24) is 19.3 Å². The third kappa shape index (κ3) is 3.34. The van der Waals surface area contributed by atoms with Crippen molar-refractivity contribution in [2.45, 2.75) is 18.9 Å². The molecular weight excluding hydrogens is 411 g/mol. The minimum Gasteiger partial charge on any atom is -0.302 e. The number of aryl methyl sites for hydroxylation is 2. The van der Waals surface area contributed by atoms with Crippen molar-refractivity contribution in [3.8, 4) is 22.6 Å². The normalized spacial score (nSPS) is 11.2. The Kier molecular flexibility index (Phi) is 5.23. The number of rotatable bonds is 4. The van der Waals surface area contributed by atoms with Crippen LogP contribution in [0.5, 0.6) is 0 Å². The van der Waals surface area contributed by atoms with Gasteiger partial charge in [-0.15, -0.1) is 11.8 Å². The van der Waals surface area contributed by atoms with Crippen molar-refractivity contribution in [2.75, 3.05) is 6.26 Å². The van der Waals surface area contributed by atoms with E-state index in [1.54, 1.807) is 24.3 Å². The molecule has 4 aromatic rings. The molecule has 0 saturated heterocycles. The first-order chi connectivity index (χ1) is 13.5. The van der Waals surface area contributed by atoms with Crippen LogP contribution in [-0.2, 0) is 0 Å². The minimum absolute atomic E-state index is 0.509. The number of imidazole rings is 1. The van der Waals surface area contributed by atoms with Crippen molar-refractivity contribution in [2.24, 2.45) is 0 Å². The van der Waals surface area contributed by atoms with Crippen LogP contribution >= 0.6 is 35.0 Å².